The minimum Gasteiger partial charge on any atom is -0.491 e. The molecule has 6 heteroatoms. The highest BCUT2D eigenvalue weighted by Gasteiger charge is 2.11. The Morgan fingerprint density at radius 2 is 1.91 bits per heavy atom. The molecule has 0 bridgehead atoms. The van der Waals surface area contributed by atoms with Crippen molar-refractivity contribution in [2.24, 2.45) is 0 Å². The molecular formula is C16H12O6. The Bertz CT molecular complexity index is 925. The van der Waals surface area contributed by atoms with E-state index in [1.54, 1.807) is 18.2 Å². The van der Waals surface area contributed by atoms with Gasteiger partial charge in [-0.3, -0.25) is 4.79 Å². The first kappa shape index (κ1) is 14.1. The third-order valence-electron chi connectivity index (χ3n) is 3.25. The summed E-state index contributed by atoms with van der Waals surface area (Å²) in [6.45, 7) is 0.00865. The number of aromatic carboxylic acids is 1. The van der Waals surface area contributed by atoms with Crippen molar-refractivity contribution in [3.05, 3.63) is 52.2 Å². The molecular weight excluding hydrogens is 288 g/mol. The summed E-state index contributed by atoms with van der Waals surface area (Å²) in [7, 11) is 0. The van der Waals surface area contributed by atoms with E-state index < -0.39 is 5.97 Å². The predicted octanol–water partition coefficient (Wildman–Crippen LogP) is 2.02. The predicted molar refractivity (Wildman–Crippen MR) is 79.5 cm³/mol. The van der Waals surface area contributed by atoms with Gasteiger partial charge in [-0.15, -0.1) is 0 Å². The molecule has 1 aromatic heterocycles. The molecule has 3 rings (SSSR count). The lowest BCUT2D eigenvalue weighted by Gasteiger charge is -2.06. The summed E-state index contributed by atoms with van der Waals surface area (Å²) in [6.07, 6.45) is 0. The van der Waals surface area contributed by atoms with Crippen molar-refractivity contribution in [1.29, 1.82) is 0 Å². The van der Waals surface area contributed by atoms with E-state index >= 15 is 0 Å². The molecule has 1 heterocycles. The van der Waals surface area contributed by atoms with Gasteiger partial charge in [-0.25, -0.2) is 4.79 Å². The van der Waals surface area contributed by atoms with E-state index in [2.05, 4.69) is 0 Å². The molecule has 0 aliphatic rings. The third-order valence-corrected chi connectivity index (χ3v) is 3.25. The van der Waals surface area contributed by atoms with E-state index in [4.69, 9.17) is 19.4 Å². The number of benzene rings is 2. The number of ether oxygens (including phenoxy) is 1. The number of fused-ring (bicyclic) bond motifs is 2. The summed E-state index contributed by atoms with van der Waals surface area (Å²) in [5.74, 6) is -0.632. The lowest BCUT2D eigenvalue weighted by molar-refractivity contribution is 0.0697. The maximum atomic E-state index is 12.5. The molecule has 0 saturated carbocycles. The van der Waals surface area contributed by atoms with Gasteiger partial charge in [0.15, 0.2) is 0 Å². The topological polar surface area (TPSA) is 97.0 Å². The number of carbonyl (C=O) groups is 1. The van der Waals surface area contributed by atoms with E-state index in [9.17, 15) is 9.59 Å². The molecule has 0 atom stereocenters. The number of rotatable bonds is 4. The Morgan fingerprint density at radius 3 is 2.64 bits per heavy atom. The van der Waals surface area contributed by atoms with Crippen LogP contribution in [0.5, 0.6) is 5.75 Å². The van der Waals surface area contributed by atoms with Crippen LogP contribution in [0.1, 0.15) is 10.4 Å². The summed E-state index contributed by atoms with van der Waals surface area (Å²) < 4.78 is 10.9. The Hall–Kier alpha value is -2.86. The average Bonchev–Trinajstić information content (AvgIpc) is 2.52. The van der Waals surface area contributed by atoms with Crippen molar-refractivity contribution >= 4 is 27.9 Å². The molecule has 0 amide bonds. The van der Waals surface area contributed by atoms with Crippen LogP contribution in [0.2, 0.25) is 0 Å². The molecule has 2 N–H and O–H groups in total. The highest BCUT2D eigenvalue weighted by molar-refractivity contribution is 5.95. The highest BCUT2D eigenvalue weighted by atomic mass is 16.5. The van der Waals surface area contributed by atoms with Gasteiger partial charge in [-0.05, 0) is 36.4 Å². The highest BCUT2D eigenvalue weighted by Crippen LogP contribution is 2.23. The van der Waals surface area contributed by atoms with Gasteiger partial charge in [0.1, 0.15) is 23.5 Å². The van der Waals surface area contributed by atoms with Crippen LogP contribution in [0.15, 0.2) is 45.6 Å². The molecule has 0 aliphatic heterocycles. The quantitative estimate of drug-likeness (QED) is 0.715. The molecule has 2 aromatic carbocycles. The zero-order valence-corrected chi connectivity index (χ0v) is 11.4. The maximum absolute atomic E-state index is 12.5. The van der Waals surface area contributed by atoms with Gasteiger partial charge in [-0.1, -0.05) is 0 Å². The molecule has 0 radical (unpaired) electrons. The van der Waals surface area contributed by atoms with Crippen molar-refractivity contribution in [2.75, 3.05) is 13.2 Å². The molecule has 0 fully saturated rings. The first-order valence-corrected chi connectivity index (χ1v) is 6.58. The van der Waals surface area contributed by atoms with Gasteiger partial charge in [0, 0.05) is 0 Å². The first-order chi connectivity index (χ1) is 10.6. The van der Waals surface area contributed by atoms with Crippen LogP contribution in [-0.4, -0.2) is 29.4 Å². The van der Waals surface area contributed by atoms with Gasteiger partial charge in [0.2, 0.25) is 5.43 Å². The van der Waals surface area contributed by atoms with E-state index in [-0.39, 0.29) is 29.8 Å². The summed E-state index contributed by atoms with van der Waals surface area (Å²) >= 11 is 0. The van der Waals surface area contributed by atoms with E-state index in [1.807, 2.05) is 0 Å². The van der Waals surface area contributed by atoms with Gasteiger partial charge in [0.05, 0.1) is 22.9 Å². The number of carboxylic acids is 1. The van der Waals surface area contributed by atoms with Gasteiger partial charge < -0.3 is 19.4 Å². The molecule has 22 heavy (non-hydrogen) atoms. The zero-order chi connectivity index (χ0) is 15.7. The second-order valence-electron chi connectivity index (χ2n) is 4.68. The first-order valence-electron chi connectivity index (χ1n) is 6.58. The summed E-state index contributed by atoms with van der Waals surface area (Å²) in [5.41, 5.74) is 0.360. The Kier molecular flexibility index (Phi) is 3.52. The fourth-order valence-electron chi connectivity index (χ4n) is 2.22. The molecule has 0 spiro atoms. The van der Waals surface area contributed by atoms with Gasteiger partial charge in [0.25, 0.3) is 0 Å². The Balaban J connectivity index is 2.22. The number of hydrogen-bond acceptors (Lipinski definition) is 5. The van der Waals surface area contributed by atoms with Crippen molar-refractivity contribution in [3.63, 3.8) is 0 Å². The van der Waals surface area contributed by atoms with Gasteiger partial charge in [-0.2, -0.15) is 0 Å². The number of carboxylic acid groups (broad SMARTS) is 1. The summed E-state index contributed by atoms with van der Waals surface area (Å²) in [5, 5.41) is 18.4. The van der Waals surface area contributed by atoms with Crippen LogP contribution in [0.25, 0.3) is 21.9 Å². The third kappa shape index (κ3) is 2.40. The fraction of sp³-hybridized carbons (Fsp3) is 0.125. The number of aliphatic hydroxyl groups excluding tert-OH is 1. The molecule has 0 unspecified atom stereocenters. The van der Waals surface area contributed by atoms with Crippen LogP contribution < -0.4 is 10.2 Å². The fourth-order valence-corrected chi connectivity index (χ4v) is 2.22. The number of hydrogen-bond donors (Lipinski definition) is 2. The molecule has 6 nitrogen and oxygen atoms in total. The molecule has 112 valence electrons. The van der Waals surface area contributed by atoms with E-state index in [0.717, 1.165) is 0 Å². The minimum absolute atomic E-state index is 0.0536. The monoisotopic (exact) mass is 300 g/mol. The van der Waals surface area contributed by atoms with Crippen LogP contribution in [-0.2, 0) is 0 Å². The van der Waals surface area contributed by atoms with Crippen molar-refractivity contribution in [3.8, 4) is 5.75 Å². The van der Waals surface area contributed by atoms with Crippen LogP contribution in [0.4, 0.5) is 0 Å². The second kappa shape index (κ2) is 5.50. The smallest absolute Gasteiger partial charge is 0.335 e. The molecule has 0 aliphatic carbocycles. The van der Waals surface area contributed by atoms with Crippen molar-refractivity contribution in [1.82, 2.24) is 0 Å². The van der Waals surface area contributed by atoms with Gasteiger partial charge >= 0.3 is 5.97 Å². The molecule has 3 aromatic rings. The van der Waals surface area contributed by atoms with E-state index in [1.165, 1.54) is 18.2 Å². The number of aliphatic hydroxyl groups is 1. The maximum Gasteiger partial charge on any atom is 0.335 e. The van der Waals surface area contributed by atoms with Crippen molar-refractivity contribution < 1.29 is 24.2 Å². The normalized spacial score (nSPS) is 11.0. The average molecular weight is 300 g/mol. The SMILES string of the molecule is O=C(O)c1ccc2c(=O)c3cc(OCCO)ccc3oc2c1. The zero-order valence-electron chi connectivity index (χ0n) is 11.4. The Morgan fingerprint density at radius 1 is 1.09 bits per heavy atom. The summed E-state index contributed by atoms with van der Waals surface area (Å²) in [4.78, 5) is 23.5. The van der Waals surface area contributed by atoms with E-state index in [0.29, 0.717) is 22.1 Å². The van der Waals surface area contributed by atoms with Crippen molar-refractivity contribution in [2.45, 2.75) is 0 Å². The largest absolute Gasteiger partial charge is 0.491 e. The van der Waals surface area contributed by atoms with Crippen LogP contribution in [0, 0.1) is 0 Å². The summed E-state index contributed by atoms with van der Waals surface area (Å²) in [6, 6.07) is 8.87. The Labute approximate surface area is 124 Å². The standard InChI is InChI=1S/C16H12O6/c17-5-6-21-10-2-4-13-12(8-10)15(18)11-3-1-9(16(19)20)7-14(11)22-13/h1-4,7-8,17H,5-6H2,(H,19,20). The minimum atomic E-state index is -1.09. The second-order valence-corrected chi connectivity index (χ2v) is 4.68. The van der Waals surface area contributed by atoms with Crippen LogP contribution in [0.3, 0.4) is 0 Å². The molecule has 0 saturated heterocycles. The lowest BCUT2D eigenvalue weighted by Crippen LogP contribution is -2.05. The lowest BCUT2D eigenvalue weighted by atomic mass is 10.1. The van der Waals surface area contributed by atoms with Crippen LogP contribution >= 0.6 is 0 Å².